The summed E-state index contributed by atoms with van der Waals surface area (Å²) in [6, 6.07) is 22.5. The molecule has 0 radical (unpaired) electrons. The van der Waals surface area contributed by atoms with E-state index < -0.39 is 0 Å². The Hall–Kier alpha value is -4.15. The normalized spacial score (nSPS) is 20.0. The van der Waals surface area contributed by atoms with E-state index in [9.17, 15) is 9.59 Å². The van der Waals surface area contributed by atoms with Gasteiger partial charge in [0.2, 0.25) is 17.7 Å². The molecule has 0 saturated carbocycles. The van der Waals surface area contributed by atoms with Crippen LogP contribution in [0, 0.1) is 0 Å². The third-order valence-corrected chi connectivity index (χ3v) is 10.4. The molecule has 4 aromatic rings. The molecule has 0 unspecified atom stereocenters. The maximum Gasteiger partial charge on any atom is 0.220 e. The largest absolute Gasteiger partial charge is 0.493 e. The Kier molecular flexibility index (Phi) is 10.0. The minimum Gasteiger partial charge on any atom is -0.493 e. The Morgan fingerprint density at radius 1 is 0.837 bits per heavy atom. The number of nitrogens with zero attached hydrogens (tertiary/aromatic N) is 1. The maximum atomic E-state index is 11.6. The van der Waals surface area contributed by atoms with Crippen molar-refractivity contribution in [1.29, 1.82) is 0 Å². The molecule has 1 aromatic heterocycles. The summed E-state index contributed by atoms with van der Waals surface area (Å²) in [7, 11) is 1.61. The summed E-state index contributed by atoms with van der Waals surface area (Å²) < 4.78 is 11.8. The molecule has 9 nitrogen and oxygen atoms in total. The van der Waals surface area contributed by atoms with Crippen LogP contribution in [0.2, 0.25) is 10.0 Å². The van der Waals surface area contributed by atoms with Gasteiger partial charge in [-0.2, -0.15) is 0 Å². The minimum atomic E-state index is 0.103. The molecule has 49 heavy (non-hydrogen) atoms. The number of nitrogens with one attached hydrogen (secondary N) is 4. The van der Waals surface area contributed by atoms with Crippen molar-refractivity contribution in [2.24, 2.45) is 0 Å². The number of pyridine rings is 1. The summed E-state index contributed by atoms with van der Waals surface area (Å²) >= 11 is 14.3. The number of carbonyl (C=O) groups excluding carboxylic acids is 2. The van der Waals surface area contributed by atoms with Gasteiger partial charge in [-0.25, -0.2) is 4.98 Å². The van der Waals surface area contributed by atoms with Crippen molar-refractivity contribution in [2.45, 2.75) is 56.8 Å². The highest BCUT2D eigenvalue weighted by molar-refractivity contribution is 6.39. The summed E-state index contributed by atoms with van der Waals surface area (Å²) in [4.78, 5) is 27.9. The van der Waals surface area contributed by atoms with Crippen LogP contribution in [0.5, 0.6) is 11.6 Å². The second-order valence-electron chi connectivity index (χ2n) is 12.8. The lowest BCUT2D eigenvalue weighted by atomic mass is 9.94. The molecule has 3 aliphatic heterocycles. The van der Waals surface area contributed by atoms with Crippen LogP contribution in [0.3, 0.4) is 0 Å². The van der Waals surface area contributed by atoms with Crippen molar-refractivity contribution >= 4 is 35.0 Å². The summed E-state index contributed by atoms with van der Waals surface area (Å²) in [5.41, 5.74) is 6.92. The SMILES string of the molecule is COc1nc(-c2cccc(-c3cccc(-c4ccc5c(c4)OCC[C@@H]5NC[C@@H]4CCC(=O)N4)c3Cl)c2Cl)ccc1CNC[C@H]1CCC(=O)N1. The zero-order chi connectivity index (χ0) is 33.9. The lowest BCUT2D eigenvalue weighted by Crippen LogP contribution is -2.38. The second-order valence-corrected chi connectivity index (χ2v) is 13.5. The monoisotopic (exact) mass is 699 g/mol. The first-order chi connectivity index (χ1) is 23.9. The lowest BCUT2D eigenvalue weighted by Gasteiger charge is -2.28. The molecule has 3 aromatic carbocycles. The van der Waals surface area contributed by atoms with E-state index in [0.717, 1.165) is 70.5 Å². The summed E-state index contributed by atoms with van der Waals surface area (Å²) in [5, 5.41) is 14.2. The maximum absolute atomic E-state index is 11.6. The number of hydrogen-bond acceptors (Lipinski definition) is 7. The lowest BCUT2D eigenvalue weighted by molar-refractivity contribution is -0.120. The van der Waals surface area contributed by atoms with Crippen molar-refractivity contribution in [1.82, 2.24) is 26.3 Å². The van der Waals surface area contributed by atoms with E-state index in [1.165, 1.54) is 0 Å². The van der Waals surface area contributed by atoms with Gasteiger partial charge >= 0.3 is 0 Å². The average Bonchev–Trinajstić information content (AvgIpc) is 3.74. The van der Waals surface area contributed by atoms with E-state index in [-0.39, 0.29) is 29.9 Å². The minimum absolute atomic E-state index is 0.103. The van der Waals surface area contributed by atoms with Gasteiger partial charge in [0.25, 0.3) is 0 Å². The van der Waals surface area contributed by atoms with E-state index in [1.807, 2.05) is 48.5 Å². The Labute approximate surface area is 296 Å². The van der Waals surface area contributed by atoms with Crippen LogP contribution in [-0.2, 0) is 16.1 Å². The zero-order valence-electron chi connectivity index (χ0n) is 27.3. The molecule has 0 spiro atoms. The molecule has 254 valence electrons. The Morgan fingerprint density at radius 2 is 1.51 bits per heavy atom. The highest BCUT2D eigenvalue weighted by Crippen LogP contribution is 2.44. The number of methoxy groups -OCH3 is 1. The third kappa shape index (κ3) is 7.26. The quantitative estimate of drug-likeness (QED) is 0.142. The van der Waals surface area contributed by atoms with Crippen molar-refractivity contribution in [3.8, 4) is 45.1 Å². The van der Waals surface area contributed by atoms with Crippen LogP contribution in [0.1, 0.15) is 49.3 Å². The predicted molar refractivity (Wildman–Crippen MR) is 192 cm³/mol. The van der Waals surface area contributed by atoms with Gasteiger partial charge in [-0.05, 0) is 30.5 Å². The zero-order valence-corrected chi connectivity index (χ0v) is 28.8. The molecule has 11 heteroatoms. The molecule has 4 heterocycles. The Bertz CT molecular complexity index is 1890. The highest BCUT2D eigenvalue weighted by Gasteiger charge is 2.26. The third-order valence-electron chi connectivity index (χ3n) is 9.55. The van der Waals surface area contributed by atoms with Crippen molar-refractivity contribution < 1.29 is 19.1 Å². The van der Waals surface area contributed by atoms with Gasteiger partial charge in [-0.1, -0.05) is 77.8 Å². The number of aromatic nitrogens is 1. The van der Waals surface area contributed by atoms with Crippen LogP contribution >= 0.6 is 23.2 Å². The molecular weight excluding hydrogens is 661 g/mol. The molecular formula is C38H39Cl2N5O4. The topological polar surface area (TPSA) is 114 Å². The first-order valence-corrected chi connectivity index (χ1v) is 17.5. The number of amides is 2. The molecule has 0 aliphatic carbocycles. The standard InChI is InChI=1S/C38H39Cl2N5O4/c1-48-38-23(19-41-20-24-10-14-34(46)43-24)9-13-32(45-38)30-7-3-6-28(37(30)40)27-5-2-4-26(36(27)39)22-8-12-29-31(16-17-49-33(29)18-22)42-21-25-11-15-35(47)44-25/h2-9,12-13,18,24-25,31,41-42H,10-11,14-17,19-21H2,1H3,(H,43,46)(H,44,47)/t24-,25+,31+/m1/s1. The number of rotatable bonds is 11. The molecule has 4 N–H and O–H groups in total. The first kappa shape index (κ1) is 33.4. The summed E-state index contributed by atoms with van der Waals surface area (Å²) in [6.45, 7) is 2.59. The van der Waals surface area contributed by atoms with Gasteiger partial charge in [0.05, 0.1) is 29.5 Å². The Morgan fingerprint density at radius 3 is 2.20 bits per heavy atom. The number of ether oxygens (including phenoxy) is 2. The molecule has 2 amide bonds. The summed E-state index contributed by atoms with van der Waals surface area (Å²) in [5.74, 6) is 1.58. The van der Waals surface area contributed by atoms with E-state index in [1.54, 1.807) is 7.11 Å². The van der Waals surface area contributed by atoms with Crippen LogP contribution in [0.15, 0.2) is 66.7 Å². The highest BCUT2D eigenvalue weighted by atomic mass is 35.5. The number of halogens is 2. The van der Waals surface area contributed by atoms with Crippen molar-refractivity contribution in [3.63, 3.8) is 0 Å². The van der Waals surface area contributed by atoms with E-state index in [4.69, 9.17) is 37.7 Å². The van der Waals surface area contributed by atoms with Gasteiger partial charge in [0.15, 0.2) is 0 Å². The average molecular weight is 701 g/mol. The predicted octanol–water partition coefficient (Wildman–Crippen LogP) is 6.46. The van der Waals surface area contributed by atoms with Gasteiger partial charge < -0.3 is 30.7 Å². The van der Waals surface area contributed by atoms with E-state index >= 15 is 0 Å². The number of hydrogen-bond donors (Lipinski definition) is 4. The summed E-state index contributed by atoms with van der Waals surface area (Å²) in [6.07, 6.45) is 3.73. The van der Waals surface area contributed by atoms with E-state index in [2.05, 4.69) is 39.5 Å². The van der Waals surface area contributed by atoms with Crippen LogP contribution < -0.4 is 30.7 Å². The number of fused-ring (bicyclic) bond motifs is 1. The van der Waals surface area contributed by atoms with E-state index in [0.29, 0.717) is 54.2 Å². The molecule has 0 bridgehead atoms. The van der Waals surface area contributed by atoms with Crippen molar-refractivity contribution in [2.75, 3.05) is 26.8 Å². The van der Waals surface area contributed by atoms with Gasteiger partial charge in [0, 0.05) is 90.4 Å². The number of benzene rings is 3. The fraction of sp³-hybridized carbons (Fsp3) is 0.342. The van der Waals surface area contributed by atoms with Gasteiger partial charge in [-0.15, -0.1) is 0 Å². The fourth-order valence-corrected chi connectivity index (χ4v) is 7.59. The molecule has 3 atom stereocenters. The molecule has 2 fully saturated rings. The van der Waals surface area contributed by atoms with Crippen LogP contribution in [0.25, 0.3) is 33.5 Å². The first-order valence-electron chi connectivity index (χ1n) is 16.8. The van der Waals surface area contributed by atoms with Gasteiger partial charge in [0.1, 0.15) is 5.75 Å². The molecule has 7 rings (SSSR count). The van der Waals surface area contributed by atoms with Gasteiger partial charge in [-0.3, -0.25) is 9.59 Å². The molecule has 2 saturated heterocycles. The Balaban J connectivity index is 1.10. The second kappa shape index (κ2) is 14.8. The molecule has 3 aliphatic rings. The van der Waals surface area contributed by atoms with Crippen LogP contribution in [0.4, 0.5) is 0 Å². The fourth-order valence-electron chi connectivity index (χ4n) is 6.93. The smallest absolute Gasteiger partial charge is 0.220 e. The van der Waals surface area contributed by atoms with Crippen LogP contribution in [-0.4, -0.2) is 55.7 Å². The number of carbonyl (C=O) groups is 2. The van der Waals surface area contributed by atoms with Crippen molar-refractivity contribution in [3.05, 3.63) is 87.9 Å².